The van der Waals surface area contributed by atoms with Crippen LogP contribution in [0, 0.1) is 0 Å². The molecule has 0 aliphatic heterocycles. The van der Waals surface area contributed by atoms with E-state index in [0.717, 1.165) is 94.6 Å². The van der Waals surface area contributed by atoms with E-state index in [4.69, 9.17) is 14.4 Å². The molecular formula is C58H36N4O. The van der Waals surface area contributed by atoms with Crippen LogP contribution < -0.4 is 0 Å². The lowest BCUT2D eigenvalue weighted by Crippen LogP contribution is -2.01. The van der Waals surface area contributed by atoms with Gasteiger partial charge >= 0.3 is 0 Å². The average Bonchev–Trinajstić information content (AvgIpc) is 4.02. The number of fused-ring (bicyclic) bond motifs is 9. The second-order valence-electron chi connectivity index (χ2n) is 16.2. The summed E-state index contributed by atoms with van der Waals surface area (Å²) in [6.45, 7) is 0. The largest absolute Gasteiger partial charge is 0.455 e. The number of hydrogen-bond acceptors (Lipinski definition) is 3. The highest BCUT2D eigenvalue weighted by molar-refractivity contribution is 6.11. The Hall–Kier alpha value is -8.54. The zero-order chi connectivity index (χ0) is 41.4. The molecule has 0 fully saturated rings. The van der Waals surface area contributed by atoms with Crippen LogP contribution in [0.5, 0.6) is 0 Å². The molecular weight excluding hydrogens is 769 g/mol. The zero-order valence-electron chi connectivity index (χ0n) is 34.0. The number of hydrogen-bond donors (Lipinski definition) is 0. The second kappa shape index (κ2) is 14.0. The van der Waals surface area contributed by atoms with Crippen LogP contribution in [-0.2, 0) is 0 Å². The van der Waals surface area contributed by atoms with Gasteiger partial charge in [0.2, 0.25) is 0 Å². The van der Waals surface area contributed by atoms with Crippen molar-refractivity contribution in [1.29, 1.82) is 0 Å². The van der Waals surface area contributed by atoms with E-state index in [-0.39, 0.29) is 0 Å². The van der Waals surface area contributed by atoms with Crippen molar-refractivity contribution < 1.29 is 4.42 Å². The summed E-state index contributed by atoms with van der Waals surface area (Å²) in [5.41, 5.74) is 15.1. The van der Waals surface area contributed by atoms with Crippen LogP contribution in [-0.4, -0.2) is 19.1 Å². The number of benzene rings is 9. The molecule has 294 valence electrons. The van der Waals surface area contributed by atoms with Crippen molar-refractivity contribution >= 4 is 65.6 Å². The minimum Gasteiger partial charge on any atom is -0.455 e. The average molecular weight is 805 g/mol. The molecule has 0 saturated carbocycles. The summed E-state index contributed by atoms with van der Waals surface area (Å²) in [6.07, 6.45) is 0. The molecule has 4 heterocycles. The molecule has 0 aliphatic carbocycles. The molecule has 5 heteroatoms. The van der Waals surface area contributed by atoms with Gasteiger partial charge in [-0.1, -0.05) is 158 Å². The molecule has 0 saturated heterocycles. The zero-order valence-corrected chi connectivity index (χ0v) is 34.0. The van der Waals surface area contributed by atoms with Crippen LogP contribution in [0.3, 0.4) is 0 Å². The Morgan fingerprint density at radius 3 is 1.38 bits per heavy atom. The standard InChI is InChI=1S/C58H36N4O/c1-2-16-37(17-3-1)58-59-50(39-19-14-18-38(32-39)43-25-15-26-49-48-24-8-13-31-56(48)63-57(43)49)36-51(60-58)40-33-41(61-52-27-9-4-20-44(52)45-21-5-10-28-53(45)61)35-42(34-40)62-54-29-11-6-22-46(54)47-23-7-12-30-55(47)62/h1-36H. The fourth-order valence-corrected chi connectivity index (χ4v) is 9.68. The number of nitrogens with zero attached hydrogens (tertiary/aromatic N) is 4. The van der Waals surface area contributed by atoms with E-state index in [1.54, 1.807) is 0 Å². The topological polar surface area (TPSA) is 48.8 Å². The number of furan rings is 1. The van der Waals surface area contributed by atoms with Gasteiger partial charge in [-0.2, -0.15) is 0 Å². The maximum atomic E-state index is 6.50. The van der Waals surface area contributed by atoms with Gasteiger partial charge in [0.15, 0.2) is 5.82 Å². The van der Waals surface area contributed by atoms with E-state index >= 15 is 0 Å². The number of rotatable bonds is 6. The molecule has 63 heavy (non-hydrogen) atoms. The summed E-state index contributed by atoms with van der Waals surface area (Å²) in [4.78, 5) is 10.7. The quantitative estimate of drug-likeness (QED) is 0.168. The van der Waals surface area contributed by atoms with Crippen LogP contribution in [0.15, 0.2) is 223 Å². The van der Waals surface area contributed by atoms with Crippen molar-refractivity contribution in [3.8, 4) is 56.4 Å². The molecule has 4 aromatic heterocycles. The normalized spacial score (nSPS) is 11.8. The summed E-state index contributed by atoms with van der Waals surface area (Å²) in [5, 5.41) is 7.07. The first-order chi connectivity index (χ1) is 31.2. The highest BCUT2D eigenvalue weighted by atomic mass is 16.3. The van der Waals surface area contributed by atoms with Crippen LogP contribution in [0.4, 0.5) is 0 Å². The van der Waals surface area contributed by atoms with Crippen molar-refractivity contribution in [3.05, 3.63) is 218 Å². The van der Waals surface area contributed by atoms with E-state index in [1.165, 1.54) is 21.5 Å². The Labute approximate surface area is 362 Å². The van der Waals surface area contributed by atoms with Gasteiger partial charge in [0.05, 0.1) is 33.5 Å². The van der Waals surface area contributed by atoms with E-state index in [9.17, 15) is 0 Å². The maximum absolute atomic E-state index is 6.50. The molecule has 9 aromatic carbocycles. The van der Waals surface area contributed by atoms with Gasteiger partial charge in [-0.15, -0.1) is 0 Å². The third-order valence-corrected chi connectivity index (χ3v) is 12.5. The minimum absolute atomic E-state index is 0.661. The molecule has 13 aromatic rings. The molecule has 0 N–H and O–H groups in total. The molecule has 0 aliphatic rings. The SMILES string of the molecule is c1ccc(-c2nc(-c3cccc(-c4cccc5c4oc4ccccc45)c3)cc(-c3cc(-n4c5ccccc5c5ccccc54)cc(-n4c5ccccc5c5ccccc54)c3)n2)cc1. The van der Waals surface area contributed by atoms with Crippen molar-refractivity contribution in [2.45, 2.75) is 0 Å². The van der Waals surface area contributed by atoms with Gasteiger partial charge in [0, 0.05) is 65.9 Å². The van der Waals surface area contributed by atoms with Gasteiger partial charge in [0.25, 0.3) is 0 Å². The van der Waals surface area contributed by atoms with Crippen LogP contribution >= 0.6 is 0 Å². The van der Waals surface area contributed by atoms with Crippen molar-refractivity contribution in [2.75, 3.05) is 0 Å². The molecule has 5 nitrogen and oxygen atoms in total. The fraction of sp³-hybridized carbons (Fsp3) is 0. The Bertz CT molecular complexity index is 3690. The van der Waals surface area contributed by atoms with Gasteiger partial charge in [-0.3, -0.25) is 0 Å². The van der Waals surface area contributed by atoms with Gasteiger partial charge in [-0.05, 0) is 66.2 Å². The summed E-state index contributed by atoms with van der Waals surface area (Å²) >= 11 is 0. The highest BCUT2D eigenvalue weighted by Crippen LogP contribution is 2.40. The first-order valence-electron chi connectivity index (χ1n) is 21.3. The summed E-state index contributed by atoms with van der Waals surface area (Å²) in [5.74, 6) is 0.661. The van der Waals surface area contributed by atoms with Crippen molar-refractivity contribution in [2.24, 2.45) is 0 Å². The number of para-hydroxylation sites is 6. The van der Waals surface area contributed by atoms with Gasteiger partial charge in [0.1, 0.15) is 11.2 Å². The maximum Gasteiger partial charge on any atom is 0.160 e. The first-order valence-corrected chi connectivity index (χ1v) is 21.3. The van der Waals surface area contributed by atoms with E-state index < -0.39 is 0 Å². The molecule has 0 bridgehead atoms. The Morgan fingerprint density at radius 2 is 0.778 bits per heavy atom. The smallest absolute Gasteiger partial charge is 0.160 e. The van der Waals surface area contributed by atoms with E-state index in [2.05, 4.69) is 197 Å². The highest BCUT2D eigenvalue weighted by Gasteiger charge is 2.20. The van der Waals surface area contributed by atoms with Gasteiger partial charge < -0.3 is 13.6 Å². The summed E-state index contributed by atoms with van der Waals surface area (Å²) < 4.78 is 11.3. The third-order valence-electron chi connectivity index (χ3n) is 12.5. The molecule has 0 unspecified atom stereocenters. The molecule has 0 amide bonds. The summed E-state index contributed by atoms with van der Waals surface area (Å²) in [6, 6.07) is 77.3. The molecule has 0 spiro atoms. The van der Waals surface area contributed by atoms with E-state index in [1.807, 2.05) is 30.3 Å². The predicted octanol–water partition coefficient (Wildman–Crippen LogP) is 15.2. The van der Waals surface area contributed by atoms with Crippen molar-refractivity contribution in [1.82, 2.24) is 19.1 Å². The van der Waals surface area contributed by atoms with Crippen molar-refractivity contribution in [3.63, 3.8) is 0 Å². The van der Waals surface area contributed by atoms with Crippen LogP contribution in [0.2, 0.25) is 0 Å². The Morgan fingerprint density at radius 1 is 0.317 bits per heavy atom. The van der Waals surface area contributed by atoms with Crippen LogP contribution in [0.1, 0.15) is 0 Å². The monoisotopic (exact) mass is 804 g/mol. The third kappa shape index (κ3) is 5.64. The minimum atomic E-state index is 0.661. The Balaban J connectivity index is 1.07. The van der Waals surface area contributed by atoms with E-state index in [0.29, 0.717) is 5.82 Å². The first kappa shape index (κ1) is 35.2. The predicted molar refractivity (Wildman–Crippen MR) is 260 cm³/mol. The van der Waals surface area contributed by atoms with Crippen LogP contribution in [0.25, 0.3) is 122 Å². The second-order valence-corrected chi connectivity index (χ2v) is 16.2. The van der Waals surface area contributed by atoms with Gasteiger partial charge in [-0.25, -0.2) is 9.97 Å². The Kier molecular flexibility index (Phi) is 7.84. The molecule has 13 rings (SSSR count). The lowest BCUT2D eigenvalue weighted by atomic mass is 9.98. The fourth-order valence-electron chi connectivity index (χ4n) is 9.68. The summed E-state index contributed by atoms with van der Waals surface area (Å²) in [7, 11) is 0. The molecule has 0 atom stereocenters. The molecule has 0 radical (unpaired) electrons. The number of aromatic nitrogens is 4. The lowest BCUT2D eigenvalue weighted by Gasteiger charge is -2.16. The lowest BCUT2D eigenvalue weighted by molar-refractivity contribution is 0.670.